The summed E-state index contributed by atoms with van der Waals surface area (Å²) in [6.07, 6.45) is 3.14. The number of hydrogen-bond donors (Lipinski definition) is 1. The van der Waals surface area contributed by atoms with Gasteiger partial charge in [0.25, 0.3) is 11.8 Å². The first-order valence-corrected chi connectivity index (χ1v) is 5.52. The van der Waals surface area contributed by atoms with Crippen LogP contribution in [0, 0.1) is 6.92 Å². The van der Waals surface area contributed by atoms with Gasteiger partial charge in [-0.1, -0.05) is 5.16 Å². The third-order valence-corrected chi connectivity index (χ3v) is 2.43. The minimum absolute atomic E-state index is 0.210. The summed E-state index contributed by atoms with van der Waals surface area (Å²) in [5.41, 5.74) is -0.184. The number of aromatic nitrogens is 3. The van der Waals surface area contributed by atoms with E-state index in [2.05, 4.69) is 20.4 Å². The number of nitrogens with one attached hydrogen (secondary N) is 1. The maximum absolute atomic E-state index is 12.0. The van der Waals surface area contributed by atoms with Gasteiger partial charge in [0.2, 0.25) is 0 Å². The van der Waals surface area contributed by atoms with E-state index in [-0.39, 0.29) is 5.91 Å². The van der Waals surface area contributed by atoms with Crippen LogP contribution in [-0.2, 0) is 5.54 Å². The van der Waals surface area contributed by atoms with Gasteiger partial charge < -0.3 is 9.84 Å². The summed E-state index contributed by atoms with van der Waals surface area (Å²) in [7, 11) is 0. The number of hydrogen-bond acceptors (Lipinski definition) is 5. The second-order valence-corrected chi connectivity index (χ2v) is 4.46. The molecule has 2 rings (SSSR count). The molecule has 0 unspecified atom stereocenters. The van der Waals surface area contributed by atoms with E-state index in [0.29, 0.717) is 17.3 Å². The molecule has 2 aromatic rings. The van der Waals surface area contributed by atoms with Gasteiger partial charge in [-0.2, -0.15) is 4.98 Å². The van der Waals surface area contributed by atoms with Crippen molar-refractivity contribution in [2.24, 2.45) is 0 Å². The smallest absolute Gasteiger partial charge is 0.252 e. The Bertz CT molecular complexity index is 548. The van der Waals surface area contributed by atoms with E-state index in [4.69, 9.17) is 4.52 Å². The van der Waals surface area contributed by atoms with E-state index in [1.165, 1.54) is 0 Å². The van der Waals surface area contributed by atoms with Gasteiger partial charge in [0.1, 0.15) is 5.54 Å². The van der Waals surface area contributed by atoms with Crippen LogP contribution >= 0.6 is 0 Å². The van der Waals surface area contributed by atoms with Crippen LogP contribution in [0.15, 0.2) is 29.0 Å². The van der Waals surface area contributed by atoms with Crippen LogP contribution < -0.4 is 5.32 Å². The lowest BCUT2D eigenvalue weighted by Crippen LogP contribution is -2.41. The molecule has 0 bridgehead atoms. The third-order valence-electron chi connectivity index (χ3n) is 2.43. The second kappa shape index (κ2) is 4.56. The first-order chi connectivity index (χ1) is 8.49. The van der Waals surface area contributed by atoms with E-state index in [1.807, 2.05) is 0 Å². The molecule has 0 aromatic carbocycles. The van der Waals surface area contributed by atoms with Gasteiger partial charge in [0, 0.05) is 18.0 Å². The van der Waals surface area contributed by atoms with Crippen molar-refractivity contribution in [2.45, 2.75) is 26.3 Å². The lowest BCUT2D eigenvalue weighted by molar-refractivity contribution is 0.0894. The first kappa shape index (κ1) is 12.2. The Hall–Kier alpha value is -2.24. The number of amides is 1. The Morgan fingerprint density at radius 3 is 2.56 bits per heavy atom. The summed E-state index contributed by atoms with van der Waals surface area (Å²) < 4.78 is 5.08. The van der Waals surface area contributed by atoms with E-state index >= 15 is 0 Å². The molecule has 0 radical (unpaired) electrons. The molecule has 6 heteroatoms. The average molecular weight is 246 g/mol. The third kappa shape index (κ3) is 2.53. The molecular weight excluding hydrogens is 232 g/mol. The molecule has 0 atom stereocenters. The fraction of sp³-hybridized carbons (Fsp3) is 0.333. The fourth-order valence-electron chi connectivity index (χ4n) is 1.46. The molecule has 0 fully saturated rings. The second-order valence-electron chi connectivity index (χ2n) is 4.46. The summed E-state index contributed by atoms with van der Waals surface area (Å²) in [6, 6.07) is 3.29. The fourth-order valence-corrected chi connectivity index (χ4v) is 1.46. The van der Waals surface area contributed by atoms with Gasteiger partial charge in [-0.05, 0) is 32.9 Å². The van der Waals surface area contributed by atoms with Crippen molar-refractivity contribution in [1.82, 2.24) is 20.4 Å². The molecular formula is C12H14N4O2. The van der Waals surface area contributed by atoms with Crippen molar-refractivity contribution in [3.05, 3.63) is 41.8 Å². The Morgan fingerprint density at radius 2 is 2.00 bits per heavy atom. The van der Waals surface area contributed by atoms with Crippen molar-refractivity contribution in [1.29, 1.82) is 0 Å². The van der Waals surface area contributed by atoms with Gasteiger partial charge in [-0.25, -0.2) is 0 Å². The van der Waals surface area contributed by atoms with Crippen molar-refractivity contribution < 1.29 is 9.32 Å². The predicted octanol–water partition coefficient (Wildman–Crippen LogP) is 1.44. The molecule has 0 aliphatic carbocycles. The molecule has 0 saturated carbocycles. The standard InChI is InChI=1S/C12H14N4O2/c1-8-14-11(18-16-8)12(2,3)15-10(17)9-4-6-13-7-5-9/h4-7H,1-3H3,(H,15,17). The lowest BCUT2D eigenvalue weighted by atomic mass is 10.0. The molecule has 2 heterocycles. The number of pyridine rings is 1. The number of carbonyl (C=O) groups is 1. The highest BCUT2D eigenvalue weighted by atomic mass is 16.5. The minimum Gasteiger partial charge on any atom is -0.338 e. The van der Waals surface area contributed by atoms with Gasteiger partial charge in [-0.15, -0.1) is 0 Å². The van der Waals surface area contributed by atoms with Crippen molar-refractivity contribution >= 4 is 5.91 Å². The topological polar surface area (TPSA) is 80.9 Å². The largest absolute Gasteiger partial charge is 0.338 e. The summed E-state index contributed by atoms with van der Waals surface area (Å²) in [5.74, 6) is 0.705. The number of aryl methyl sites for hydroxylation is 1. The van der Waals surface area contributed by atoms with Crippen LogP contribution in [0.4, 0.5) is 0 Å². The normalized spacial score (nSPS) is 11.3. The highest BCUT2D eigenvalue weighted by molar-refractivity contribution is 5.94. The summed E-state index contributed by atoms with van der Waals surface area (Å²) in [6.45, 7) is 5.34. The molecule has 0 spiro atoms. The molecule has 0 aliphatic heterocycles. The number of carbonyl (C=O) groups excluding carboxylic acids is 1. The maximum atomic E-state index is 12.0. The van der Waals surface area contributed by atoms with E-state index in [0.717, 1.165) is 0 Å². The number of rotatable bonds is 3. The van der Waals surface area contributed by atoms with Gasteiger partial charge >= 0.3 is 0 Å². The number of nitrogens with zero attached hydrogens (tertiary/aromatic N) is 3. The van der Waals surface area contributed by atoms with Gasteiger partial charge in [0.15, 0.2) is 5.82 Å². The van der Waals surface area contributed by atoms with Crippen LogP contribution in [0.3, 0.4) is 0 Å². The molecule has 1 amide bonds. The molecule has 18 heavy (non-hydrogen) atoms. The zero-order valence-electron chi connectivity index (χ0n) is 10.5. The predicted molar refractivity (Wildman–Crippen MR) is 63.8 cm³/mol. The van der Waals surface area contributed by atoms with Gasteiger partial charge in [0.05, 0.1) is 0 Å². The van der Waals surface area contributed by atoms with Crippen LogP contribution in [0.2, 0.25) is 0 Å². The summed E-state index contributed by atoms with van der Waals surface area (Å²) in [5, 5.41) is 6.55. The van der Waals surface area contributed by atoms with Crippen molar-refractivity contribution in [3.63, 3.8) is 0 Å². The van der Waals surface area contributed by atoms with Crippen LogP contribution in [0.1, 0.15) is 35.9 Å². The zero-order chi connectivity index (χ0) is 13.2. The van der Waals surface area contributed by atoms with Crippen molar-refractivity contribution in [3.8, 4) is 0 Å². The highest BCUT2D eigenvalue weighted by Gasteiger charge is 2.29. The molecule has 94 valence electrons. The van der Waals surface area contributed by atoms with Gasteiger partial charge in [-0.3, -0.25) is 9.78 Å². The van der Waals surface area contributed by atoms with Crippen LogP contribution in [-0.4, -0.2) is 21.0 Å². The van der Waals surface area contributed by atoms with Crippen LogP contribution in [0.5, 0.6) is 0 Å². The molecule has 0 aliphatic rings. The summed E-state index contributed by atoms with van der Waals surface area (Å²) >= 11 is 0. The average Bonchev–Trinajstić information content (AvgIpc) is 2.77. The molecule has 0 saturated heterocycles. The molecule has 1 N–H and O–H groups in total. The Balaban J connectivity index is 2.16. The van der Waals surface area contributed by atoms with Crippen LogP contribution in [0.25, 0.3) is 0 Å². The maximum Gasteiger partial charge on any atom is 0.252 e. The quantitative estimate of drug-likeness (QED) is 0.886. The zero-order valence-corrected chi connectivity index (χ0v) is 10.5. The first-order valence-electron chi connectivity index (χ1n) is 5.52. The monoisotopic (exact) mass is 246 g/mol. The minimum atomic E-state index is -0.721. The highest BCUT2D eigenvalue weighted by Crippen LogP contribution is 2.18. The van der Waals surface area contributed by atoms with E-state index in [1.54, 1.807) is 45.3 Å². The summed E-state index contributed by atoms with van der Waals surface area (Å²) in [4.78, 5) is 20.0. The van der Waals surface area contributed by atoms with Crippen molar-refractivity contribution in [2.75, 3.05) is 0 Å². The Labute approximate surface area is 104 Å². The Kier molecular flexibility index (Phi) is 3.10. The lowest BCUT2D eigenvalue weighted by Gasteiger charge is -2.21. The SMILES string of the molecule is Cc1noc(C(C)(C)NC(=O)c2ccncc2)n1. The molecule has 6 nitrogen and oxygen atoms in total. The van der Waals surface area contributed by atoms with E-state index in [9.17, 15) is 4.79 Å². The molecule has 2 aromatic heterocycles. The Morgan fingerprint density at radius 1 is 1.33 bits per heavy atom. The van der Waals surface area contributed by atoms with E-state index < -0.39 is 5.54 Å².